The molecule has 1 aromatic heterocycles. The highest BCUT2D eigenvalue weighted by atomic mass is 16.4. The van der Waals surface area contributed by atoms with Gasteiger partial charge in [-0.3, -0.25) is 4.68 Å². The molecule has 1 heterocycles. The van der Waals surface area contributed by atoms with Crippen LogP contribution in [-0.2, 0) is 7.05 Å². The van der Waals surface area contributed by atoms with E-state index in [4.69, 9.17) is 0 Å². The molecular weight excluding hydrogens is 228 g/mol. The molecule has 3 rings (SSSR count). The van der Waals surface area contributed by atoms with E-state index in [1.54, 1.807) is 11.7 Å². The van der Waals surface area contributed by atoms with Crippen LogP contribution in [0.3, 0.4) is 0 Å². The van der Waals surface area contributed by atoms with Crippen LogP contribution >= 0.6 is 0 Å². The Balaban J connectivity index is 2.20. The molecule has 4 nitrogen and oxygen atoms in total. The number of benzene rings is 1. The number of hydrogen-bond donors (Lipinski definition) is 1. The van der Waals surface area contributed by atoms with E-state index in [2.05, 4.69) is 11.2 Å². The molecule has 1 aliphatic carbocycles. The first-order valence-corrected chi connectivity index (χ1v) is 6.03. The number of aromatic nitrogens is 2. The molecule has 4 heteroatoms. The van der Waals surface area contributed by atoms with Gasteiger partial charge >= 0.3 is 5.97 Å². The van der Waals surface area contributed by atoms with Gasteiger partial charge in [-0.15, -0.1) is 0 Å². The summed E-state index contributed by atoms with van der Waals surface area (Å²) in [4.78, 5) is 11.3. The Hall–Kier alpha value is -2.10. The van der Waals surface area contributed by atoms with Crippen LogP contribution in [0.5, 0.6) is 0 Å². The molecule has 1 aliphatic rings. The molecule has 92 valence electrons. The third-order valence-electron chi connectivity index (χ3n) is 3.40. The highest BCUT2D eigenvalue weighted by Crippen LogP contribution is 2.44. The van der Waals surface area contributed by atoms with Crippen LogP contribution in [0.2, 0.25) is 0 Å². The van der Waals surface area contributed by atoms with Gasteiger partial charge in [-0.1, -0.05) is 24.3 Å². The normalized spacial score (nSPS) is 14.7. The van der Waals surface area contributed by atoms with Crippen molar-refractivity contribution in [2.24, 2.45) is 7.05 Å². The van der Waals surface area contributed by atoms with Gasteiger partial charge in [0.1, 0.15) is 5.56 Å². The Morgan fingerprint density at radius 3 is 2.78 bits per heavy atom. The van der Waals surface area contributed by atoms with Gasteiger partial charge in [0.25, 0.3) is 0 Å². The van der Waals surface area contributed by atoms with Crippen molar-refractivity contribution < 1.29 is 9.90 Å². The standard InChI is InChI=1S/C14H14N2O2/c1-16-13(12(8-15-16)14(17)18)11-5-3-2-4-10(11)9-6-7-9/h2-5,8-9H,6-7H2,1H3,(H,17,18). The van der Waals surface area contributed by atoms with Crippen molar-refractivity contribution >= 4 is 5.97 Å². The lowest BCUT2D eigenvalue weighted by atomic mass is 9.98. The van der Waals surface area contributed by atoms with Gasteiger partial charge in [-0.2, -0.15) is 5.10 Å². The summed E-state index contributed by atoms with van der Waals surface area (Å²) in [7, 11) is 1.78. The maximum Gasteiger partial charge on any atom is 0.339 e. The first-order valence-electron chi connectivity index (χ1n) is 6.03. The summed E-state index contributed by atoms with van der Waals surface area (Å²) in [5.74, 6) is -0.346. The van der Waals surface area contributed by atoms with Gasteiger partial charge in [0.05, 0.1) is 11.9 Å². The number of carboxylic acid groups (broad SMARTS) is 1. The Bertz CT molecular complexity index is 612. The molecule has 2 aromatic rings. The largest absolute Gasteiger partial charge is 0.478 e. The fourth-order valence-electron chi connectivity index (χ4n) is 2.38. The summed E-state index contributed by atoms with van der Waals surface area (Å²) in [5.41, 5.74) is 3.21. The number of carboxylic acids is 1. The smallest absolute Gasteiger partial charge is 0.339 e. The topological polar surface area (TPSA) is 55.1 Å². The molecule has 0 bridgehead atoms. The molecule has 0 amide bonds. The summed E-state index contributed by atoms with van der Waals surface area (Å²) in [6.45, 7) is 0. The summed E-state index contributed by atoms with van der Waals surface area (Å²) in [6, 6.07) is 8.02. The second-order valence-electron chi connectivity index (χ2n) is 4.70. The van der Waals surface area contributed by atoms with E-state index in [9.17, 15) is 9.90 Å². The lowest BCUT2D eigenvalue weighted by Crippen LogP contribution is -2.02. The van der Waals surface area contributed by atoms with Crippen LogP contribution in [0, 0.1) is 0 Å². The zero-order valence-corrected chi connectivity index (χ0v) is 10.1. The first kappa shape index (κ1) is 11.0. The predicted molar refractivity (Wildman–Crippen MR) is 67.6 cm³/mol. The van der Waals surface area contributed by atoms with E-state index in [-0.39, 0.29) is 5.56 Å². The molecule has 1 saturated carbocycles. The van der Waals surface area contributed by atoms with Gasteiger partial charge in [0, 0.05) is 12.6 Å². The number of hydrogen-bond acceptors (Lipinski definition) is 2. The molecule has 0 atom stereocenters. The van der Waals surface area contributed by atoms with E-state index in [0.29, 0.717) is 11.6 Å². The third-order valence-corrected chi connectivity index (χ3v) is 3.40. The SMILES string of the molecule is Cn1ncc(C(=O)O)c1-c1ccccc1C1CC1. The van der Waals surface area contributed by atoms with E-state index in [1.807, 2.05) is 18.2 Å². The van der Waals surface area contributed by atoms with E-state index >= 15 is 0 Å². The second kappa shape index (κ2) is 3.98. The van der Waals surface area contributed by atoms with Crippen LogP contribution in [-0.4, -0.2) is 20.9 Å². The molecule has 0 radical (unpaired) electrons. The minimum absolute atomic E-state index is 0.269. The zero-order valence-electron chi connectivity index (χ0n) is 10.1. The van der Waals surface area contributed by atoms with E-state index < -0.39 is 5.97 Å². The van der Waals surface area contributed by atoms with Gasteiger partial charge in [0.2, 0.25) is 0 Å². The molecular formula is C14H14N2O2. The van der Waals surface area contributed by atoms with Crippen molar-refractivity contribution in [3.63, 3.8) is 0 Å². The van der Waals surface area contributed by atoms with Gasteiger partial charge in [0.15, 0.2) is 0 Å². The minimum Gasteiger partial charge on any atom is -0.478 e. The lowest BCUT2D eigenvalue weighted by Gasteiger charge is -2.10. The number of rotatable bonds is 3. The number of aromatic carboxylic acids is 1. The van der Waals surface area contributed by atoms with E-state index in [0.717, 1.165) is 5.56 Å². The zero-order chi connectivity index (χ0) is 12.7. The number of nitrogens with zero attached hydrogens (tertiary/aromatic N) is 2. The predicted octanol–water partition coefficient (Wildman–Crippen LogP) is 2.66. The van der Waals surface area contributed by atoms with E-state index in [1.165, 1.54) is 24.6 Å². The number of carbonyl (C=O) groups is 1. The first-order chi connectivity index (χ1) is 8.68. The maximum atomic E-state index is 11.3. The van der Waals surface area contributed by atoms with Crippen LogP contribution in [0.1, 0.15) is 34.7 Å². The highest BCUT2D eigenvalue weighted by molar-refractivity contribution is 5.95. The molecule has 18 heavy (non-hydrogen) atoms. The van der Waals surface area contributed by atoms with Gasteiger partial charge in [-0.05, 0) is 24.3 Å². The Morgan fingerprint density at radius 2 is 2.11 bits per heavy atom. The average molecular weight is 242 g/mol. The molecule has 0 saturated heterocycles. The maximum absolute atomic E-state index is 11.3. The fraction of sp³-hybridized carbons (Fsp3) is 0.286. The molecule has 0 unspecified atom stereocenters. The van der Waals surface area contributed by atoms with Crippen LogP contribution in [0.25, 0.3) is 11.3 Å². The van der Waals surface area contributed by atoms with Crippen LogP contribution in [0.15, 0.2) is 30.5 Å². The summed E-state index contributed by atoms with van der Waals surface area (Å²) >= 11 is 0. The van der Waals surface area contributed by atoms with Crippen molar-refractivity contribution in [3.8, 4) is 11.3 Å². The minimum atomic E-state index is -0.927. The molecule has 0 spiro atoms. The van der Waals surface area contributed by atoms with Gasteiger partial charge in [-0.25, -0.2) is 4.79 Å². The quantitative estimate of drug-likeness (QED) is 0.900. The van der Waals surface area contributed by atoms with Crippen molar-refractivity contribution in [1.29, 1.82) is 0 Å². The molecule has 1 aromatic carbocycles. The Kier molecular flexibility index (Phi) is 2.44. The number of aryl methyl sites for hydroxylation is 1. The lowest BCUT2D eigenvalue weighted by molar-refractivity contribution is 0.0697. The molecule has 0 aliphatic heterocycles. The highest BCUT2D eigenvalue weighted by Gasteiger charge is 2.28. The second-order valence-corrected chi connectivity index (χ2v) is 4.70. The third kappa shape index (κ3) is 1.70. The van der Waals surface area contributed by atoms with Crippen molar-refractivity contribution in [1.82, 2.24) is 9.78 Å². The average Bonchev–Trinajstić information content (AvgIpc) is 3.12. The Morgan fingerprint density at radius 1 is 1.39 bits per heavy atom. The van der Waals surface area contributed by atoms with Crippen LogP contribution in [0.4, 0.5) is 0 Å². The Labute approximate surface area is 105 Å². The van der Waals surface area contributed by atoms with Crippen molar-refractivity contribution in [2.75, 3.05) is 0 Å². The van der Waals surface area contributed by atoms with Gasteiger partial charge < -0.3 is 5.11 Å². The molecule has 1 fully saturated rings. The monoisotopic (exact) mass is 242 g/mol. The van der Waals surface area contributed by atoms with Crippen molar-refractivity contribution in [2.45, 2.75) is 18.8 Å². The van der Waals surface area contributed by atoms with Crippen LogP contribution < -0.4 is 0 Å². The summed E-state index contributed by atoms with van der Waals surface area (Å²) in [6.07, 6.45) is 3.80. The molecule has 1 N–H and O–H groups in total. The van der Waals surface area contributed by atoms with Crippen molar-refractivity contribution in [3.05, 3.63) is 41.6 Å². The summed E-state index contributed by atoms with van der Waals surface area (Å²) < 4.78 is 1.64. The summed E-state index contributed by atoms with van der Waals surface area (Å²) in [5, 5.41) is 13.3. The fourth-order valence-corrected chi connectivity index (χ4v) is 2.38.